The van der Waals surface area contributed by atoms with Gasteiger partial charge in [0.2, 0.25) is 0 Å². The molecule has 0 aliphatic carbocycles. The number of anilines is 1. The molecule has 1 fully saturated rings. The fourth-order valence-corrected chi connectivity index (χ4v) is 2.71. The van der Waals surface area contributed by atoms with E-state index in [9.17, 15) is 0 Å². The second-order valence-electron chi connectivity index (χ2n) is 3.75. The Morgan fingerprint density at radius 2 is 2.12 bits per heavy atom. The number of para-hydroxylation sites is 1. The van der Waals surface area contributed by atoms with E-state index in [1.807, 2.05) is 6.07 Å². The van der Waals surface area contributed by atoms with Crippen LogP contribution in [0.2, 0.25) is 0 Å². The summed E-state index contributed by atoms with van der Waals surface area (Å²) in [4.78, 5) is 9.02. The van der Waals surface area contributed by atoms with E-state index in [1.165, 1.54) is 4.70 Å². The van der Waals surface area contributed by atoms with E-state index in [4.69, 9.17) is 0 Å². The van der Waals surface area contributed by atoms with Crippen LogP contribution in [0.25, 0.3) is 10.2 Å². The molecule has 0 bridgehead atoms. The van der Waals surface area contributed by atoms with Crippen LogP contribution in [0.1, 0.15) is 0 Å². The van der Waals surface area contributed by atoms with Crippen LogP contribution in [0, 0.1) is 0 Å². The molecule has 0 atom stereocenters. The predicted molar refractivity (Wildman–Crippen MR) is 65.4 cm³/mol. The Morgan fingerprint density at radius 1 is 1.31 bits per heavy atom. The summed E-state index contributed by atoms with van der Waals surface area (Å²) in [6.45, 7) is 2.12. The summed E-state index contributed by atoms with van der Waals surface area (Å²) >= 11 is 1.75. The Kier molecular flexibility index (Phi) is 3.64. The van der Waals surface area contributed by atoms with Gasteiger partial charge >= 0.3 is 7.55 Å². The Morgan fingerprint density at radius 3 is 2.81 bits per heavy atom. The van der Waals surface area contributed by atoms with Crippen LogP contribution < -0.4 is 4.81 Å². The van der Waals surface area contributed by atoms with Crippen molar-refractivity contribution >= 4 is 34.2 Å². The largest absolute Gasteiger partial charge is 0.379 e. The van der Waals surface area contributed by atoms with E-state index in [-0.39, 0.29) is 20.1 Å². The Hall–Kier alpha value is -0.416. The van der Waals surface area contributed by atoms with Crippen LogP contribution in [-0.4, -0.2) is 37.5 Å². The second-order valence-corrected chi connectivity index (χ2v) is 4.76. The first-order valence-electron chi connectivity index (χ1n) is 5.00. The number of thiazole rings is 1. The number of hydrogen-bond acceptors (Lipinski definition) is 4. The predicted octanol–water partition coefficient (Wildman–Crippen LogP) is 1.58. The first-order valence-corrected chi connectivity index (χ1v) is 5.82. The molecule has 2 heterocycles. The van der Waals surface area contributed by atoms with Crippen molar-refractivity contribution in [1.82, 2.24) is 9.79 Å². The van der Waals surface area contributed by atoms with E-state index in [2.05, 4.69) is 47.4 Å². The first kappa shape index (κ1) is 12.1. The van der Waals surface area contributed by atoms with Gasteiger partial charge in [-0.25, -0.2) is 4.98 Å². The fourth-order valence-electron chi connectivity index (χ4n) is 1.75. The maximum Gasteiger partial charge on any atom is 0.353 e. The van der Waals surface area contributed by atoms with Crippen molar-refractivity contribution in [1.29, 1.82) is 0 Å². The van der Waals surface area contributed by atoms with Crippen LogP contribution >= 0.6 is 11.3 Å². The van der Waals surface area contributed by atoms with Gasteiger partial charge in [0.25, 0.3) is 0 Å². The molecule has 1 aromatic heterocycles. The normalized spacial score (nSPS) is 16.2. The van der Waals surface area contributed by atoms with E-state index in [0.29, 0.717) is 0 Å². The van der Waals surface area contributed by atoms with Crippen molar-refractivity contribution in [2.24, 2.45) is 0 Å². The van der Waals surface area contributed by atoms with Gasteiger partial charge in [0, 0.05) is 33.2 Å². The summed E-state index contributed by atoms with van der Waals surface area (Å²) in [6.07, 6.45) is 0. The molecule has 0 unspecified atom stereocenters. The smallest absolute Gasteiger partial charge is 0.353 e. The molecule has 1 aromatic carbocycles. The third kappa shape index (κ3) is 2.16. The number of likely N-dealkylation sites (N-methyl/N-ethyl adjacent to an activating group) is 1. The second kappa shape index (κ2) is 4.84. The van der Waals surface area contributed by atoms with E-state index < -0.39 is 0 Å². The molecule has 1 saturated heterocycles. The maximum absolute atomic E-state index is 4.62. The zero-order valence-electron chi connectivity index (χ0n) is 8.88. The molecule has 0 N–H and O–H groups in total. The zero-order valence-corrected chi connectivity index (χ0v) is 12.1. The topological polar surface area (TPSA) is 19.4 Å². The van der Waals surface area contributed by atoms with Crippen molar-refractivity contribution in [2.75, 3.05) is 24.9 Å². The number of fused-ring (bicyclic) bond motifs is 1. The third-order valence-corrected chi connectivity index (χ3v) is 3.63. The van der Waals surface area contributed by atoms with E-state index >= 15 is 0 Å². The SMILES string of the molecule is CN1[B]N(c2nc3ccccc3s2)CC1.[Ir]. The minimum atomic E-state index is 0. The van der Waals surface area contributed by atoms with Crippen LogP contribution in [0.3, 0.4) is 0 Å². The van der Waals surface area contributed by atoms with Crippen molar-refractivity contribution in [3.8, 4) is 0 Å². The maximum atomic E-state index is 4.62. The quantitative estimate of drug-likeness (QED) is 0.669. The molecule has 0 amide bonds. The minimum Gasteiger partial charge on any atom is -0.379 e. The summed E-state index contributed by atoms with van der Waals surface area (Å²) in [5.41, 5.74) is 1.10. The summed E-state index contributed by atoms with van der Waals surface area (Å²) in [5.74, 6) is 0. The van der Waals surface area contributed by atoms with E-state index in [0.717, 1.165) is 23.7 Å². The molecule has 0 saturated carbocycles. The minimum absolute atomic E-state index is 0. The average molecular weight is 408 g/mol. The zero-order chi connectivity index (χ0) is 10.3. The van der Waals surface area contributed by atoms with Crippen LogP contribution in [0.15, 0.2) is 24.3 Å². The van der Waals surface area contributed by atoms with Crippen molar-refractivity contribution in [3.63, 3.8) is 0 Å². The van der Waals surface area contributed by atoms with Crippen LogP contribution in [0.4, 0.5) is 5.13 Å². The molecule has 3 rings (SSSR count). The Labute approximate surface area is 113 Å². The summed E-state index contributed by atoms with van der Waals surface area (Å²) < 4.78 is 1.26. The molecule has 1 aliphatic rings. The first-order chi connectivity index (χ1) is 7.33. The Bertz CT molecular complexity index is 457. The molecule has 1 aliphatic heterocycles. The fraction of sp³-hybridized carbons (Fsp3) is 0.300. The number of benzene rings is 1. The monoisotopic (exact) mass is 409 g/mol. The number of nitrogens with zero attached hydrogens (tertiary/aromatic N) is 3. The van der Waals surface area contributed by atoms with Gasteiger partial charge in [-0.1, -0.05) is 23.5 Å². The third-order valence-electron chi connectivity index (χ3n) is 2.56. The summed E-state index contributed by atoms with van der Waals surface area (Å²) in [6, 6.07) is 8.28. The van der Waals surface area contributed by atoms with Gasteiger partial charge in [0.1, 0.15) is 0 Å². The van der Waals surface area contributed by atoms with Gasteiger partial charge in [-0.15, -0.1) is 0 Å². The van der Waals surface area contributed by atoms with Gasteiger partial charge in [-0.05, 0) is 19.2 Å². The van der Waals surface area contributed by atoms with Gasteiger partial charge in [0.15, 0.2) is 5.13 Å². The molecule has 2 radical (unpaired) electrons. The Balaban J connectivity index is 0.000000963. The van der Waals surface area contributed by atoms with Crippen LogP contribution in [-0.2, 0) is 20.1 Å². The van der Waals surface area contributed by atoms with Crippen molar-refractivity contribution < 1.29 is 20.1 Å². The molecule has 16 heavy (non-hydrogen) atoms. The molecular formula is C10H11BIrN3S. The standard InChI is InChI=1S/C10H11BN3S.Ir/c1-13-6-7-14(11-13)10-12-8-4-2-3-5-9(8)15-10;/h2-5H,6-7H2,1H3;. The van der Waals surface area contributed by atoms with Gasteiger partial charge in [-0.3, -0.25) is 0 Å². The molecule has 84 valence electrons. The average Bonchev–Trinajstić information content (AvgIpc) is 2.82. The molecule has 0 spiro atoms. The van der Waals surface area contributed by atoms with Gasteiger partial charge in [0.05, 0.1) is 10.2 Å². The number of hydrogen-bond donors (Lipinski definition) is 0. The molecular weight excluding hydrogens is 397 g/mol. The molecule has 2 aromatic rings. The van der Waals surface area contributed by atoms with Gasteiger partial charge in [-0.2, -0.15) is 0 Å². The van der Waals surface area contributed by atoms with Gasteiger partial charge < -0.3 is 9.62 Å². The van der Waals surface area contributed by atoms with Crippen molar-refractivity contribution in [2.45, 2.75) is 0 Å². The van der Waals surface area contributed by atoms with Crippen molar-refractivity contribution in [3.05, 3.63) is 24.3 Å². The number of aromatic nitrogens is 1. The van der Waals surface area contributed by atoms with Crippen LogP contribution in [0.5, 0.6) is 0 Å². The summed E-state index contributed by atoms with van der Waals surface area (Å²) in [7, 11) is 4.21. The summed E-state index contributed by atoms with van der Waals surface area (Å²) in [5, 5.41) is 1.10. The molecule has 3 nitrogen and oxygen atoms in total. The van der Waals surface area contributed by atoms with E-state index in [1.54, 1.807) is 11.3 Å². The molecule has 6 heteroatoms. The number of rotatable bonds is 1.